The van der Waals surface area contributed by atoms with Crippen molar-refractivity contribution in [3.05, 3.63) is 6.42 Å². The van der Waals surface area contributed by atoms with Gasteiger partial charge in [0.15, 0.2) is 0 Å². The molecule has 0 amide bonds. The molecule has 0 atom stereocenters. The van der Waals surface area contributed by atoms with Gasteiger partial charge in [-0.15, -0.1) is 0 Å². The van der Waals surface area contributed by atoms with Crippen LogP contribution in [0.4, 0.5) is 0 Å². The van der Waals surface area contributed by atoms with Crippen molar-refractivity contribution < 1.29 is 18.6 Å². The summed E-state index contributed by atoms with van der Waals surface area (Å²) < 4.78 is 0. The zero-order chi connectivity index (χ0) is 3.70. The maximum absolute atomic E-state index is 2.32. The van der Waals surface area contributed by atoms with Crippen LogP contribution in [0.25, 0.3) is 0 Å². The van der Waals surface area contributed by atoms with E-state index in [9.17, 15) is 0 Å². The van der Waals surface area contributed by atoms with Crippen molar-refractivity contribution in [2.24, 2.45) is 5.92 Å². The normalized spacial score (nSPS) is 21.5. The van der Waals surface area contributed by atoms with Crippen LogP contribution in [0, 0.1) is 12.3 Å². The van der Waals surface area contributed by atoms with Crippen molar-refractivity contribution >= 4 is 0 Å². The molecule has 0 heterocycles. The van der Waals surface area contributed by atoms with Gasteiger partial charge >= 0.3 is 0 Å². The molecule has 1 rings (SSSR count). The van der Waals surface area contributed by atoms with E-state index in [0.717, 1.165) is 5.92 Å². The molecular formula is C5H9V-. The predicted octanol–water partition coefficient (Wildman–Crippen LogP) is 1.62. The SMILES string of the molecule is CC1C[CH-]C1.[V]. The van der Waals surface area contributed by atoms with Gasteiger partial charge in [0.25, 0.3) is 0 Å². The van der Waals surface area contributed by atoms with Crippen molar-refractivity contribution in [1.82, 2.24) is 0 Å². The van der Waals surface area contributed by atoms with Crippen LogP contribution >= 0.6 is 0 Å². The van der Waals surface area contributed by atoms with Crippen LogP contribution < -0.4 is 0 Å². The average Bonchev–Trinajstić information content (AvgIpc) is 1.30. The summed E-state index contributed by atoms with van der Waals surface area (Å²) in [6, 6.07) is 0. The van der Waals surface area contributed by atoms with Gasteiger partial charge in [-0.05, 0) is 0 Å². The van der Waals surface area contributed by atoms with E-state index in [0.29, 0.717) is 0 Å². The Bertz CT molecular complexity index is 30.9. The largest absolute Gasteiger partial charge is 0.328 e. The molecule has 0 aromatic heterocycles. The Kier molecular flexibility index (Phi) is 2.97. The molecule has 1 aliphatic carbocycles. The third kappa shape index (κ3) is 1.36. The molecular weight excluding hydrogens is 111 g/mol. The van der Waals surface area contributed by atoms with Gasteiger partial charge in [0, 0.05) is 18.6 Å². The van der Waals surface area contributed by atoms with E-state index in [4.69, 9.17) is 0 Å². The van der Waals surface area contributed by atoms with Crippen molar-refractivity contribution in [3.63, 3.8) is 0 Å². The van der Waals surface area contributed by atoms with E-state index in [1.165, 1.54) is 12.8 Å². The Morgan fingerprint density at radius 2 is 1.83 bits per heavy atom. The zero-order valence-electron chi connectivity index (χ0n) is 4.02. The van der Waals surface area contributed by atoms with Gasteiger partial charge in [0.2, 0.25) is 0 Å². The topological polar surface area (TPSA) is 0 Å². The Morgan fingerprint density at radius 3 is 1.83 bits per heavy atom. The first-order valence-electron chi connectivity index (χ1n) is 2.21. The molecule has 35 valence electrons. The minimum atomic E-state index is 0. The van der Waals surface area contributed by atoms with Gasteiger partial charge < -0.3 is 6.42 Å². The quantitative estimate of drug-likeness (QED) is 0.426. The van der Waals surface area contributed by atoms with Crippen LogP contribution in [-0.2, 0) is 18.6 Å². The first-order valence-corrected chi connectivity index (χ1v) is 2.21. The number of hydrogen-bond donors (Lipinski definition) is 0. The van der Waals surface area contributed by atoms with Gasteiger partial charge in [-0.3, -0.25) is 0 Å². The van der Waals surface area contributed by atoms with Crippen molar-refractivity contribution in [3.8, 4) is 0 Å². The maximum Gasteiger partial charge on any atom is 0 e. The molecule has 6 heavy (non-hydrogen) atoms. The van der Waals surface area contributed by atoms with Gasteiger partial charge in [0.05, 0.1) is 0 Å². The molecule has 1 aliphatic rings. The fraction of sp³-hybridized carbons (Fsp3) is 0.800. The molecule has 1 saturated carbocycles. The zero-order valence-corrected chi connectivity index (χ0v) is 5.41. The van der Waals surface area contributed by atoms with E-state index in [2.05, 4.69) is 13.3 Å². The van der Waals surface area contributed by atoms with Crippen molar-refractivity contribution in [1.29, 1.82) is 0 Å². The summed E-state index contributed by atoms with van der Waals surface area (Å²) in [5, 5.41) is 0. The molecule has 1 radical (unpaired) electrons. The number of rotatable bonds is 0. The Morgan fingerprint density at radius 1 is 1.50 bits per heavy atom. The summed E-state index contributed by atoms with van der Waals surface area (Å²) in [7, 11) is 0. The Labute approximate surface area is 51.2 Å². The monoisotopic (exact) mass is 120 g/mol. The summed E-state index contributed by atoms with van der Waals surface area (Å²) in [5.74, 6) is 1.01. The maximum atomic E-state index is 2.32. The fourth-order valence-electron chi connectivity index (χ4n) is 0.500. The van der Waals surface area contributed by atoms with E-state index >= 15 is 0 Å². The van der Waals surface area contributed by atoms with Gasteiger partial charge in [-0.2, -0.15) is 12.8 Å². The van der Waals surface area contributed by atoms with E-state index in [-0.39, 0.29) is 18.6 Å². The molecule has 0 bridgehead atoms. The summed E-state index contributed by atoms with van der Waals surface area (Å²) in [5.41, 5.74) is 0. The van der Waals surface area contributed by atoms with Crippen molar-refractivity contribution in [2.45, 2.75) is 19.8 Å². The summed E-state index contributed by atoms with van der Waals surface area (Å²) in [6.45, 7) is 2.28. The standard InChI is InChI=1S/C5H9.V/c1-5-3-2-4-5;/h2,5H,3-4H2,1H3;/q-1;. The van der Waals surface area contributed by atoms with Gasteiger partial charge in [-0.25, -0.2) is 0 Å². The van der Waals surface area contributed by atoms with Crippen LogP contribution in [0.15, 0.2) is 0 Å². The molecule has 0 spiro atoms. The molecule has 0 unspecified atom stereocenters. The number of hydrogen-bond acceptors (Lipinski definition) is 0. The molecule has 1 heteroatoms. The Hall–Kier alpha value is 0.584. The minimum absolute atomic E-state index is 0. The third-order valence-electron chi connectivity index (χ3n) is 1.14. The van der Waals surface area contributed by atoms with E-state index in [1.54, 1.807) is 0 Å². The second-order valence-electron chi connectivity index (χ2n) is 1.87. The minimum Gasteiger partial charge on any atom is -0.328 e. The average molecular weight is 120 g/mol. The van der Waals surface area contributed by atoms with Crippen LogP contribution in [0.3, 0.4) is 0 Å². The predicted molar refractivity (Wildman–Crippen MR) is 22.7 cm³/mol. The molecule has 0 aromatic carbocycles. The van der Waals surface area contributed by atoms with Crippen LogP contribution in [-0.4, -0.2) is 0 Å². The molecule has 1 fully saturated rings. The smallest absolute Gasteiger partial charge is 0 e. The molecule has 0 aromatic rings. The summed E-state index contributed by atoms with van der Waals surface area (Å²) >= 11 is 0. The van der Waals surface area contributed by atoms with Gasteiger partial charge in [0.1, 0.15) is 0 Å². The first-order chi connectivity index (χ1) is 2.39. The van der Waals surface area contributed by atoms with E-state index < -0.39 is 0 Å². The molecule has 0 saturated heterocycles. The van der Waals surface area contributed by atoms with E-state index in [1.807, 2.05) is 0 Å². The molecule has 0 nitrogen and oxygen atoms in total. The second kappa shape index (κ2) is 2.71. The van der Waals surface area contributed by atoms with Gasteiger partial charge in [-0.1, -0.05) is 12.8 Å². The summed E-state index contributed by atoms with van der Waals surface area (Å²) in [4.78, 5) is 0. The third-order valence-corrected chi connectivity index (χ3v) is 1.14. The van der Waals surface area contributed by atoms with Crippen LogP contribution in [0.5, 0.6) is 0 Å². The Balaban J connectivity index is 0.000000250. The summed E-state index contributed by atoms with van der Waals surface area (Å²) in [6.07, 6.45) is 5.05. The first kappa shape index (κ1) is 6.58. The molecule has 0 aliphatic heterocycles. The fourth-order valence-corrected chi connectivity index (χ4v) is 0.500. The van der Waals surface area contributed by atoms with Crippen molar-refractivity contribution in [2.75, 3.05) is 0 Å². The molecule has 0 N–H and O–H groups in total. The van der Waals surface area contributed by atoms with Crippen LogP contribution in [0.2, 0.25) is 0 Å². The second-order valence-corrected chi connectivity index (χ2v) is 1.87. The van der Waals surface area contributed by atoms with Crippen LogP contribution in [0.1, 0.15) is 19.8 Å².